The highest BCUT2D eigenvalue weighted by atomic mass is 35.5. The maximum absolute atomic E-state index is 11.9. The van der Waals surface area contributed by atoms with Crippen LogP contribution in [0.25, 0.3) is 0 Å². The third-order valence-electron chi connectivity index (χ3n) is 3.58. The molecule has 5 heteroatoms. The van der Waals surface area contributed by atoms with Crippen LogP contribution in [0.3, 0.4) is 0 Å². The van der Waals surface area contributed by atoms with E-state index >= 15 is 0 Å². The highest BCUT2D eigenvalue weighted by Gasteiger charge is 2.19. The fourth-order valence-electron chi connectivity index (χ4n) is 2.32. The van der Waals surface area contributed by atoms with E-state index in [0.29, 0.717) is 11.6 Å². The second kappa shape index (κ2) is 6.31. The maximum Gasteiger partial charge on any atom is 0.287 e. The van der Waals surface area contributed by atoms with E-state index in [-0.39, 0.29) is 16.6 Å². The lowest BCUT2D eigenvalue weighted by atomic mass is 9.92. The van der Waals surface area contributed by atoms with Crippen LogP contribution in [0.15, 0.2) is 35.3 Å². The van der Waals surface area contributed by atoms with Gasteiger partial charge >= 0.3 is 0 Å². The van der Waals surface area contributed by atoms with Crippen LogP contribution in [-0.2, 0) is 7.05 Å². The highest BCUT2D eigenvalue weighted by Crippen LogP contribution is 2.30. The van der Waals surface area contributed by atoms with Crippen molar-refractivity contribution in [3.05, 3.63) is 57.0 Å². The molecule has 0 spiro atoms. The molecule has 0 bridgehead atoms. The first-order valence-electron chi connectivity index (χ1n) is 6.95. The van der Waals surface area contributed by atoms with Crippen LogP contribution in [0, 0.1) is 12.8 Å². The zero-order chi connectivity index (χ0) is 15.6. The summed E-state index contributed by atoms with van der Waals surface area (Å²) >= 11 is 6.14. The first-order valence-corrected chi connectivity index (χ1v) is 7.33. The summed E-state index contributed by atoms with van der Waals surface area (Å²) in [6.45, 7) is 6.34. The van der Waals surface area contributed by atoms with Crippen molar-refractivity contribution in [1.82, 2.24) is 9.78 Å². The Morgan fingerprint density at radius 2 is 1.95 bits per heavy atom. The number of rotatable bonds is 4. The molecule has 112 valence electrons. The zero-order valence-corrected chi connectivity index (χ0v) is 13.5. The average molecular weight is 306 g/mol. The Morgan fingerprint density at radius 3 is 2.57 bits per heavy atom. The second-order valence-corrected chi connectivity index (χ2v) is 5.90. The molecule has 21 heavy (non-hydrogen) atoms. The van der Waals surface area contributed by atoms with E-state index < -0.39 is 0 Å². The van der Waals surface area contributed by atoms with Gasteiger partial charge in [0.15, 0.2) is 0 Å². The molecule has 1 aromatic heterocycles. The van der Waals surface area contributed by atoms with E-state index in [1.54, 1.807) is 13.2 Å². The van der Waals surface area contributed by atoms with Gasteiger partial charge in [-0.2, -0.15) is 5.10 Å². The molecule has 1 heterocycles. The van der Waals surface area contributed by atoms with Gasteiger partial charge in [-0.3, -0.25) is 4.79 Å². The third-order valence-corrected chi connectivity index (χ3v) is 3.94. The topological polar surface area (TPSA) is 46.9 Å². The van der Waals surface area contributed by atoms with E-state index in [2.05, 4.69) is 43.3 Å². The van der Waals surface area contributed by atoms with Gasteiger partial charge < -0.3 is 5.32 Å². The summed E-state index contributed by atoms with van der Waals surface area (Å²) in [5.41, 5.74) is 2.68. The van der Waals surface area contributed by atoms with Crippen LogP contribution >= 0.6 is 11.6 Å². The third kappa shape index (κ3) is 3.27. The summed E-state index contributed by atoms with van der Waals surface area (Å²) in [7, 11) is 1.58. The molecule has 2 rings (SSSR count). The van der Waals surface area contributed by atoms with Crippen molar-refractivity contribution in [2.24, 2.45) is 13.0 Å². The molecule has 0 aliphatic heterocycles. The number of halogens is 1. The minimum absolute atomic E-state index is 0.0672. The largest absolute Gasteiger partial charge is 0.375 e. The van der Waals surface area contributed by atoms with E-state index in [1.807, 2.05) is 12.1 Å². The zero-order valence-electron chi connectivity index (χ0n) is 12.7. The Balaban J connectivity index is 2.41. The molecule has 0 aliphatic carbocycles. The summed E-state index contributed by atoms with van der Waals surface area (Å²) in [5, 5.41) is 7.56. The quantitative estimate of drug-likeness (QED) is 0.939. The molecule has 0 amide bonds. The summed E-state index contributed by atoms with van der Waals surface area (Å²) in [4.78, 5) is 11.9. The van der Waals surface area contributed by atoms with Crippen LogP contribution in [0.1, 0.15) is 31.0 Å². The van der Waals surface area contributed by atoms with Gasteiger partial charge in [0, 0.05) is 7.05 Å². The smallest absolute Gasteiger partial charge is 0.287 e. The molecule has 4 nitrogen and oxygen atoms in total. The normalized spacial score (nSPS) is 12.5. The maximum atomic E-state index is 11.9. The van der Waals surface area contributed by atoms with Crippen LogP contribution in [-0.4, -0.2) is 9.78 Å². The van der Waals surface area contributed by atoms with Crippen molar-refractivity contribution < 1.29 is 0 Å². The van der Waals surface area contributed by atoms with Crippen molar-refractivity contribution >= 4 is 17.3 Å². The Morgan fingerprint density at radius 1 is 1.29 bits per heavy atom. The van der Waals surface area contributed by atoms with Gasteiger partial charge in [-0.1, -0.05) is 49.7 Å². The highest BCUT2D eigenvalue weighted by molar-refractivity contribution is 6.32. The molecule has 2 aromatic rings. The molecule has 0 fully saturated rings. The summed E-state index contributed by atoms with van der Waals surface area (Å²) in [6.07, 6.45) is 1.59. The van der Waals surface area contributed by atoms with E-state index in [0.717, 1.165) is 0 Å². The molecule has 1 N–H and O–H groups in total. The Hall–Kier alpha value is -1.81. The van der Waals surface area contributed by atoms with Gasteiger partial charge in [0.2, 0.25) is 0 Å². The van der Waals surface area contributed by atoms with Gasteiger partial charge in [-0.25, -0.2) is 4.68 Å². The van der Waals surface area contributed by atoms with Crippen molar-refractivity contribution in [2.75, 3.05) is 5.32 Å². The number of benzene rings is 1. The van der Waals surface area contributed by atoms with Gasteiger partial charge in [-0.15, -0.1) is 0 Å². The van der Waals surface area contributed by atoms with Crippen LogP contribution in [0.4, 0.5) is 5.69 Å². The van der Waals surface area contributed by atoms with Crippen molar-refractivity contribution in [2.45, 2.75) is 26.8 Å². The molecule has 1 atom stereocenters. The van der Waals surface area contributed by atoms with Gasteiger partial charge in [0.05, 0.1) is 17.9 Å². The Bertz CT molecular complexity index is 694. The first-order chi connectivity index (χ1) is 9.91. The van der Waals surface area contributed by atoms with Crippen LogP contribution in [0.5, 0.6) is 0 Å². The number of anilines is 1. The number of hydrogen-bond acceptors (Lipinski definition) is 3. The Kier molecular flexibility index (Phi) is 4.68. The molecule has 1 unspecified atom stereocenters. The van der Waals surface area contributed by atoms with Crippen molar-refractivity contribution in [3.8, 4) is 0 Å². The molecule has 0 aliphatic rings. The minimum atomic E-state index is -0.297. The average Bonchev–Trinajstić information content (AvgIpc) is 2.45. The monoisotopic (exact) mass is 305 g/mol. The fraction of sp³-hybridized carbons (Fsp3) is 0.375. The molecular weight excluding hydrogens is 286 g/mol. The number of nitrogens with zero attached hydrogens (tertiary/aromatic N) is 2. The van der Waals surface area contributed by atoms with E-state index in [9.17, 15) is 4.79 Å². The summed E-state index contributed by atoms with van der Waals surface area (Å²) in [5.74, 6) is 0.339. The Labute approximate surface area is 129 Å². The van der Waals surface area contributed by atoms with Gasteiger partial charge in [0.25, 0.3) is 5.56 Å². The van der Waals surface area contributed by atoms with E-state index in [1.165, 1.54) is 15.8 Å². The summed E-state index contributed by atoms with van der Waals surface area (Å²) in [6, 6.07) is 8.27. The fourth-order valence-corrected chi connectivity index (χ4v) is 2.54. The molecule has 0 saturated carbocycles. The predicted octanol–water partition coefficient (Wildman–Crippen LogP) is 3.55. The first kappa shape index (κ1) is 15.6. The van der Waals surface area contributed by atoms with Gasteiger partial charge in [0.1, 0.15) is 5.02 Å². The number of nitrogens with one attached hydrogen (secondary N) is 1. The lowest BCUT2D eigenvalue weighted by molar-refractivity contribution is 0.543. The predicted molar refractivity (Wildman–Crippen MR) is 86.9 cm³/mol. The van der Waals surface area contributed by atoms with Crippen LogP contribution < -0.4 is 10.9 Å². The molecule has 0 saturated heterocycles. The van der Waals surface area contributed by atoms with Gasteiger partial charge in [-0.05, 0) is 24.0 Å². The van der Waals surface area contributed by atoms with Crippen molar-refractivity contribution in [1.29, 1.82) is 0 Å². The number of aryl methyl sites for hydroxylation is 2. The summed E-state index contributed by atoms with van der Waals surface area (Å²) < 4.78 is 1.23. The SMILES string of the molecule is Cc1ccccc1C(Nc1cnn(C)c(=O)c1Cl)C(C)C. The lowest BCUT2D eigenvalue weighted by Crippen LogP contribution is -2.24. The molecule has 1 aromatic carbocycles. The lowest BCUT2D eigenvalue weighted by Gasteiger charge is -2.25. The number of aromatic nitrogens is 2. The second-order valence-electron chi connectivity index (χ2n) is 5.52. The molecule has 0 radical (unpaired) electrons. The van der Waals surface area contributed by atoms with E-state index in [4.69, 9.17) is 11.6 Å². The minimum Gasteiger partial charge on any atom is -0.375 e. The number of hydrogen-bond donors (Lipinski definition) is 1. The van der Waals surface area contributed by atoms with Crippen molar-refractivity contribution in [3.63, 3.8) is 0 Å². The van der Waals surface area contributed by atoms with Crippen LogP contribution in [0.2, 0.25) is 5.02 Å². The molecular formula is C16H20ClN3O. The standard InChI is InChI=1S/C16H20ClN3O/c1-10(2)15(12-8-6-5-7-11(12)3)19-13-9-18-20(4)16(21)14(13)17/h5-10,15,19H,1-4H3.